The molecule has 1 rings (SSSR count). The van der Waals surface area contributed by atoms with Crippen molar-refractivity contribution in [1.82, 2.24) is 9.88 Å². The van der Waals surface area contributed by atoms with Crippen LogP contribution in [-0.4, -0.2) is 51.8 Å². The Kier molecular flexibility index (Phi) is 22.2. The Morgan fingerprint density at radius 2 is 1.39 bits per heavy atom. The maximum absolute atomic E-state index is 10.1. The molecule has 0 spiro atoms. The smallest absolute Gasteiger partial charge is 0.256 e. The lowest BCUT2D eigenvalue weighted by Crippen LogP contribution is -2.49. The van der Waals surface area contributed by atoms with Gasteiger partial charge in [0.25, 0.3) is 5.82 Å². The number of alkyl halides is 2. The van der Waals surface area contributed by atoms with Gasteiger partial charge in [-0.3, -0.25) is 0 Å². The van der Waals surface area contributed by atoms with Crippen molar-refractivity contribution in [3.8, 4) is 0 Å². The minimum Gasteiger partial charge on any atom is -0.396 e. The quantitative estimate of drug-likeness (QED) is 0.0715. The van der Waals surface area contributed by atoms with Crippen molar-refractivity contribution in [3.05, 3.63) is 18.2 Å². The third-order valence-corrected chi connectivity index (χ3v) is 7.78. The van der Waals surface area contributed by atoms with Gasteiger partial charge in [0, 0.05) is 18.9 Å². The van der Waals surface area contributed by atoms with E-state index in [4.69, 9.17) is 28.3 Å². The number of rotatable bonds is 26. The Labute approximate surface area is 232 Å². The molecule has 0 aliphatic carbocycles. The van der Waals surface area contributed by atoms with E-state index < -0.39 is 6.10 Å². The van der Waals surface area contributed by atoms with Gasteiger partial charge in [0.1, 0.15) is 31.6 Å². The standard InChI is InChI=1S/C29H56Cl2N3O2/c1-2-3-4-5-6-7-8-9-10-11-12-13-14-15-16-18-29-33(20-21-34(29)26-28(36)24-31)25-27(23-30)32-19-17-22-35/h20-21,27-28,32,35-36H,2-19,22-26H2,1H3/q+1. The summed E-state index contributed by atoms with van der Waals surface area (Å²) in [6.07, 6.45) is 25.8. The first-order chi connectivity index (χ1) is 17.7. The van der Waals surface area contributed by atoms with Crippen LogP contribution in [0.15, 0.2) is 12.4 Å². The van der Waals surface area contributed by atoms with E-state index in [1.807, 2.05) is 0 Å². The highest BCUT2D eigenvalue weighted by Gasteiger charge is 2.21. The molecule has 0 aromatic carbocycles. The molecule has 2 atom stereocenters. The molecule has 0 bridgehead atoms. The molecule has 0 saturated heterocycles. The summed E-state index contributed by atoms with van der Waals surface area (Å²) >= 11 is 12.1. The Morgan fingerprint density at radius 1 is 0.833 bits per heavy atom. The highest BCUT2D eigenvalue weighted by molar-refractivity contribution is 6.18. The van der Waals surface area contributed by atoms with E-state index in [0.29, 0.717) is 12.4 Å². The summed E-state index contributed by atoms with van der Waals surface area (Å²) < 4.78 is 4.42. The van der Waals surface area contributed by atoms with Crippen molar-refractivity contribution in [3.63, 3.8) is 0 Å². The minimum atomic E-state index is -0.543. The van der Waals surface area contributed by atoms with E-state index in [1.54, 1.807) is 0 Å². The number of nitrogens with zero attached hydrogens (tertiary/aromatic N) is 2. The Hall–Kier alpha value is -0.330. The minimum absolute atomic E-state index is 0.150. The number of unbranched alkanes of at least 4 members (excludes halogenated alkanes) is 14. The largest absolute Gasteiger partial charge is 0.396 e. The Morgan fingerprint density at radius 3 is 1.89 bits per heavy atom. The number of hydrogen-bond donors (Lipinski definition) is 3. The van der Waals surface area contributed by atoms with Crippen LogP contribution in [0.1, 0.15) is 115 Å². The molecule has 2 unspecified atom stereocenters. The fourth-order valence-electron chi connectivity index (χ4n) is 4.84. The van der Waals surface area contributed by atoms with Crippen molar-refractivity contribution >= 4 is 23.2 Å². The molecule has 5 nitrogen and oxygen atoms in total. The molecule has 3 N–H and O–H groups in total. The second kappa shape index (κ2) is 23.8. The maximum atomic E-state index is 10.1. The predicted octanol–water partition coefficient (Wildman–Crippen LogP) is 6.37. The topological polar surface area (TPSA) is 61.3 Å². The van der Waals surface area contributed by atoms with Gasteiger partial charge in [0.15, 0.2) is 0 Å². The second-order valence-electron chi connectivity index (χ2n) is 10.4. The zero-order chi connectivity index (χ0) is 26.3. The van der Waals surface area contributed by atoms with Gasteiger partial charge >= 0.3 is 0 Å². The number of hydrogen-bond acceptors (Lipinski definition) is 3. The van der Waals surface area contributed by atoms with Gasteiger partial charge < -0.3 is 15.5 Å². The van der Waals surface area contributed by atoms with Crippen molar-refractivity contribution in [1.29, 1.82) is 0 Å². The van der Waals surface area contributed by atoms with Crippen LogP contribution in [0.5, 0.6) is 0 Å². The van der Waals surface area contributed by atoms with Crippen LogP contribution in [0, 0.1) is 0 Å². The maximum Gasteiger partial charge on any atom is 0.256 e. The average molecular weight is 550 g/mol. The molecule has 0 aliphatic heterocycles. The van der Waals surface area contributed by atoms with Crippen LogP contribution in [0.3, 0.4) is 0 Å². The third-order valence-electron chi connectivity index (χ3n) is 7.05. The average Bonchev–Trinajstić information content (AvgIpc) is 3.26. The number of aliphatic hydroxyl groups excluding tert-OH is 2. The molecule has 0 radical (unpaired) electrons. The number of aliphatic hydroxyl groups is 2. The van der Waals surface area contributed by atoms with Crippen LogP contribution < -0.4 is 9.88 Å². The molecule has 1 aromatic rings. The number of halogens is 2. The van der Waals surface area contributed by atoms with Crippen LogP contribution in [0.2, 0.25) is 0 Å². The molecule has 7 heteroatoms. The van der Waals surface area contributed by atoms with Gasteiger partial charge in [-0.15, -0.1) is 23.2 Å². The van der Waals surface area contributed by atoms with Gasteiger partial charge in [-0.2, -0.15) is 0 Å². The van der Waals surface area contributed by atoms with Gasteiger partial charge in [0.2, 0.25) is 0 Å². The number of aromatic nitrogens is 2. The summed E-state index contributed by atoms with van der Waals surface area (Å²) in [5.74, 6) is 1.99. The van der Waals surface area contributed by atoms with Gasteiger partial charge in [-0.1, -0.05) is 96.8 Å². The summed E-state index contributed by atoms with van der Waals surface area (Å²) in [5, 5.41) is 22.6. The fraction of sp³-hybridized carbons (Fsp3) is 0.897. The highest BCUT2D eigenvalue weighted by atomic mass is 35.5. The van der Waals surface area contributed by atoms with Crippen molar-refractivity contribution in [2.45, 2.75) is 141 Å². The van der Waals surface area contributed by atoms with E-state index in [0.717, 1.165) is 32.4 Å². The Balaban J connectivity index is 2.29. The van der Waals surface area contributed by atoms with E-state index in [9.17, 15) is 5.11 Å². The first-order valence-electron chi connectivity index (χ1n) is 14.9. The third kappa shape index (κ3) is 16.5. The van der Waals surface area contributed by atoms with Crippen LogP contribution in [-0.2, 0) is 19.5 Å². The van der Waals surface area contributed by atoms with E-state index >= 15 is 0 Å². The zero-order valence-electron chi connectivity index (χ0n) is 23.1. The van der Waals surface area contributed by atoms with Crippen LogP contribution in [0.4, 0.5) is 0 Å². The number of imidazole rings is 1. The van der Waals surface area contributed by atoms with Crippen LogP contribution >= 0.6 is 23.2 Å². The number of nitrogens with one attached hydrogen (secondary N) is 1. The van der Waals surface area contributed by atoms with Crippen LogP contribution in [0.25, 0.3) is 0 Å². The molecule has 0 amide bonds. The summed E-state index contributed by atoms with van der Waals surface area (Å²) in [6.45, 7) is 4.53. The summed E-state index contributed by atoms with van der Waals surface area (Å²) in [7, 11) is 0. The normalized spacial score (nSPS) is 13.4. The van der Waals surface area contributed by atoms with E-state index in [1.165, 1.54) is 95.7 Å². The highest BCUT2D eigenvalue weighted by Crippen LogP contribution is 2.14. The predicted molar refractivity (Wildman–Crippen MR) is 154 cm³/mol. The lowest BCUT2D eigenvalue weighted by molar-refractivity contribution is -0.705. The van der Waals surface area contributed by atoms with E-state index in [2.05, 4.69) is 33.8 Å². The molecule has 0 saturated carbocycles. The molecular weight excluding hydrogens is 493 g/mol. The first-order valence-corrected chi connectivity index (χ1v) is 15.9. The molecule has 0 aliphatic rings. The molecule has 0 fully saturated rings. The molecule has 1 aromatic heterocycles. The summed E-state index contributed by atoms with van der Waals surface area (Å²) in [4.78, 5) is 0. The molecule has 1 heterocycles. The van der Waals surface area contributed by atoms with Crippen molar-refractivity contribution in [2.24, 2.45) is 0 Å². The van der Waals surface area contributed by atoms with Gasteiger partial charge in [-0.05, 0) is 19.4 Å². The van der Waals surface area contributed by atoms with Crippen molar-refractivity contribution in [2.75, 3.05) is 24.9 Å². The summed E-state index contributed by atoms with van der Waals surface area (Å²) in [6, 6.07) is 0.150. The molecule has 212 valence electrons. The van der Waals surface area contributed by atoms with E-state index in [-0.39, 0.29) is 18.5 Å². The first kappa shape index (κ1) is 33.7. The second-order valence-corrected chi connectivity index (χ2v) is 11.0. The van der Waals surface area contributed by atoms with Gasteiger partial charge in [0.05, 0.1) is 11.9 Å². The van der Waals surface area contributed by atoms with Crippen molar-refractivity contribution < 1.29 is 14.8 Å². The van der Waals surface area contributed by atoms with Gasteiger partial charge in [-0.25, -0.2) is 9.13 Å². The molecule has 36 heavy (non-hydrogen) atoms. The lowest BCUT2D eigenvalue weighted by Gasteiger charge is -2.15. The SMILES string of the molecule is CCCCCCCCCCCCCCCCCc1n(CC(O)CCl)cc[n+]1CC(CCl)NCCCO. The Bertz CT molecular complexity index is 615. The lowest BCUT2D eigenvalue weighted by atomic mass is 10.0. The molecular formula is C29H56Cl2N3O2+. The summed E-state index contributed by atoms with van der Waals surface area (Å²) in [5.41, 5.74) is 0. The monoisotopic (exact) mass is 548 g/mol. The zero-order valence-corrected chi connectivity index (χ0v) is 24.6. The fourth-order valence-corrected chi connectivity index (χ4v) is 5.14.